The average molecular weight is 464 g/mol. The zero-order valence-corrected chi connectivity index (χ0v) is 19.2. The van der Waals surface area contributed by atoms with E-state index in [2.05, 4.69) is 46.0 Å². The number of aromatic nitrogens is 1. The lowest BCUT2D eigenvalue weighted by Crippen LogP contribution is -2.35. The Labute approximate surface area is 204 Å². The number of nitrogens with zero attached hydrogens (tertiary/aromatic N) is 2. The predicted octanol–water partition coefficient (Wildman–Crippen LogP) is 4.25. The molecule has 0 bridgehead atoms. The Morgan fingerprint density at radius 2 is 1.60 bits per heavy atom. The Kier molecular flexibility index (Phi) is 6.82. The molecule has 2 N–H and O–H groups in total. The van der Waals surface area contributed by atoms with Crippen LogP contribution >= 0.6 is 0 Å². The molecule has 4 aromatic rings. The van der Waals surface area contributed by atoms with E-state index in [0.29, 0.717) is 5.52 Å². The highest BCUT2D eigenvalue weighted by atomic mass is 16.5. The molecule has 0 radical (unpaired) electrons. The van der Waals surface area contributed by atoms with E-state index in [1.54, 1.807) is 11.5 Å². The van der Waals surface area contributed by atoms with Gasteiger partial charge in [0.15, 0.2) is 0 Å². The quantitative estimate of drug-likeness (QED) is 0.269. The standard InChI is InChI=1S/C29H25N3O3/c33-29(31-34)28-19-26(25-3-1-2-4-27(25)30-28)24-13-11-22(12-14-24)6-5-21-7-9-23(10-8-21)20-32-15-17-35-18-16-32/h1-4,7-14,19,34H,15-18,20H2,(H,31,33). The topological polar surface area (TPSA) is 74.7 Å². The molecule has 1 saturated heterocycles. The molecule has 6 nitrogen and oxygen atoms in total. The summed E-state index contributed by atoms with van der Waals surface area (Å²) in [5, 5.41) is 9.97. The molecule has 1 amide bonds. The number of hydrogen-bond acceptors (Lipinski definition) is 5. The maximum Gasteiger partial charge on any atom is 0.293 e. The molecule has 35 heavy (non-hydrogen) atoms. The number of rotatable bonds is 4. The van der Waals surface area contributed by atoms with E-state index in [1.165, 1.54) is 5.56 Å². The molecule has 174 valence electrons. The summed E-state index contributed by atoms with van der Waals surface area (Å²) >= 11 is 0. The number of carbonyl (C=O) groups is 1. The van der Waals surface area contributed by atoms with Gasteiger partial charge in [-0.1, -0.05) is 54.3 Å². The van der Waals surface area contributed by atoms with Crippen LogP contribution in [0.2, 0.25) is 0 Å². The summed E-state index contributed by atoms with van der Waals surface area (Å²) in [5.74, 6) is 5.82. The van der Waals surface area contributed by atoms with Gasteiger partial charge >= 0.3 is 0 Å². The van der Waals surface area contributed by atoms with Crippen molar-refractivity contribution in [1.29, 1.82) is 0 Å². The van der Waals surface area contributed by atoms with Crippen LogP contribution in [-0.2, 0) is 11.3 Å². The monoisotopic (exact) mass is 463 g/mol. The molecule has 1 aliphatic rings. The van der Waals surface area contributed by atoms with Gasteiger partial charge < -0.3 is 4.74 Å². The minimum absolute atomic E-state index is 0.155. The van der Waals surface area contributed by atoms with E-state index in [0.717, 1.165) is 60.5 Å². The summed E-state index contributed by atoms with van der Waals surface area (Å²) in [6.07, 6.45) is 0. The fourth-order valence-corrected chi connectivity index (χ4v) is 4.18. The molecular weight excluding hydrogens is 438 g/mol. The van der Waals surface area contributed by atoms with Crippen LogP contribution in [0, 0.1) is 11.8 Å². The van der Waals surface area contributed by atoms with Crippen molar-refractivity contribution in [2.45, 2.75) is 6.54 Å². The van der Waals surface area contributed by atoms with Gasteiger partial charge in [0.05, 0.1) is 18.7 Å². The zero-order chi connectivity index (χ0) is 24.0. The maximum atomic E-state index is 12.0. The molecule has 2 heterocycles. The third kappa shape index (κ3) is 5.39. The molecule has 3 aromatic carbocycles. The number of hydroxylamine groups is 1. The molecule has 1 aliphatic heterocycles. The van der Waals surface area contributed by atoms with Crippen LogP contribution < -0.4 is 5.48 Å². The number of morpholine rings is 1. The van der Waals surface area contributed by atoms with Crippen LogP contribution in [0.5, 0.6) is 0 Å². The highest BCUT2D eigenvalue weighted by Crippen LogP contribution is 2.29. The van der Waals surface area contributed by atoms with Gasteiger partial charge in [-0.2, -0.15) is 0 Å². The van der Waals surface area contributed by atoms with Crippen molar-refractivity contribution in [1.82, 2.24) is 15.4 Å². The summed E-state index contributed by atoms with van der Waals surface area (Å²) in [4.78, 5) is 18.7. The summed E-state index contributed by atoms with van der Waals surface area (Å²) in [6.45, 7) is 4.49. The normalized spacial score (nSPS) is 13.7. The molecule has 0 atom stereocenters. The van der Waals surface area contributed by atoms with Gasteiger partial charge in [0.25, 0.3) is 5.91 Å². The van der Waals surface area contributed by atoms with E-state index < -0.39 is 5.91 Å². The SMILES string of the molecule is O=C(NO)c1cc(-c2ccc(C#Cc3ccc(CN4CCOCC4)cc3)cc2)c2ccccc2n1. The Hall–Kier alpha value is -4.02. The maximum absolute atomic E-state index is 12.0. The molecule has 0 spiro atoms. The van der Waals surface area contributed by atoms with Crippen molar-refractivity contribution in [2.24, 2.45) is 0 Å². The van der Waals surface area contributed by atoms with Crippen molar-refractivity contribution < 1.29 is 14.7 Å². The van der Waals surface area contributed by atoms with Crippen LogP contribution in [0.1, 0.15) is 27.2 Å². The predicted molar refractivity (Wildman–Crippen MR) is 135 cm³/mol. The largest absolute Gasteiger partial charge is 0.379 e. The lowest BCUT2D eigenvalue weighted by Gasteiger charge is -2.26. The first-order valence-electron chi connectivity index (χ1n) is 11.6. The molecular formula is C29H25N3O3. The molecule has 5 rings (SSSR count). The van der Waals surface area contributed by atoms with Crippen molar-refractivity contribution >= 4 is 16.8 Å². The van der Waals surface area contributed by atoms with Gasteiger partial charge in [-0.25, -0.2) is 10.5 Å². The first kappa shape index (κ1) is 22.8. The molecule has 1 aromatic heterocycles. The van der Waals surface area contributed by atoms with Crippen molar-refractivity contribution in [2.75, 3.05) is 26.3 Å². The third-order valence-electron chi connectivity index (χ3n) is 6.06. The van der Waals surface area contributed by atoms with Crippen LogP contribution in [0.4, 0.5) is 0 Å². The molecule has 0 saturated carbocycles. The van der Waals surface area contributed by atoms with Gasteiger partial charge in [0.2, 0.25) is 0 Å². The van der Waals surface area contributed by atoms with Gasteiger partial charge in [0.1, 0.15) is 5.69 Å². The summed E-state index contributed by atoms with van der Waals surface area (Å²) in [6, 6.07) is 25.6. The van der Waals surface area contributed by atoms with E-state index in [-0.39, 0.29) is 5.69 Å². The Bertz CT molecular complexity index is 1400. The van der Waals surface area contributed by atoms with Gasteiger partial charge in [-0.05, 0) is 53.1 Å². The number of ether oxygens (including phenoxy) is 1. The van der Waals surface area contributed by atoms with E-state index in [9.17, 15) is 4.79 Å². The number of hydrogen-bond donors (Lipinski definition) is 2. The fraction of sp³-hybridized carbons (Fsp3) is 0.172. The minimum atomic E-state index is -0.643. The number of nitrogens with one attached hydrogen (secondary N) is 1. The number of pyridine rings is 1. The second-order valence-corrected chi connectivity index (χ2v) is 8.43. The van der Waals surface area contributed by atoms with Crippen LogP contribution in [0.15, 0.2) is 78.9 Å². The fourth-order valence-electron chi connectivity index (χ4n) is 4.18. The molecule has 0 unspecified atom stereocenters. The lowest BCUT2D eigenvalue weighted by molar-refractivity contribution is 0.0342. The van der Waals surface area contributed by atoms with Crippen molar-refractivity contribution in [3.8, 4) is 23.0 Å². The summed E-state index contributed by atoms with van der Waals surface area (Å²) in [7, 11) is 0. The second-order valence-electron chi connectivity index (χ2n) is 8.43. The van der Waals surface area contributed by atoms with Crippen LogP contribution in [0.3, 0.4) is 0 Å². The molecule has 1 fully saturated rings. The van der Waals surface area contributed by atoms with E-state index in [4.69, 9.17) is 9.94 Å². The second kappa shape index (κ2) is 10.5. The van der Waals surface area contributed by atoms with Gasteiger partial charge in [-0.3, -0.25) is 14.9 Å². The van der Waals surface area contributed by atoms with Crippen molar-refractivity contribution in [3.05, 3.63) is 101 Å². The zero-order valence-electron chi connectivity index (χ0n) is 19.2. The summed E-state index contributed by atoms with van der Waals surface area (Å²) in [5.41, 5.74) is 7.46. The van der Waals surface area contributed by atoms with Crippen molar-refractivity contribution in [3.63, 3.8) is 0 Å². The highest BCUT2D eigenvalue weighted by molar-refractivity contribution is 6.00. The minimum Gasteiger partial charge on any atom is -0.379 e. The number of carbonyl (C=O) groups excluding carboxylic acids is 1. The molecule has 6 heteroatoms. The number of para-hydroxylation sites is 1. The lowest BCUT2D eigenvalue weighted by atomic mass is 9.99. The van der Waals surface area contributed by atoms with E-state index in [1.807, 2.05) is 48.5 Å². The van der Waals surface area contributed by atoms with E-state index >= 15 is 0 Å². The smallest absolute Gasteiger partial charge is 0.293 e. The van der Waals surface area contributed by atoms with Crippen LogP contribution in [0.25, 0.3) is 22.0 Å². The van der Waals surface area contributed by atoms with Gasteiger partial charge in [0, 0.05) is 36.1 Å². The number of amides is 1. The number of benzene rings is 3. The highest BCUT2D eigenvalue weighted by Gasteiger charge is 2.13. The third-order valence-corrected chi connectivity index (χ3v) is 6.06. The van der Waals surface area contributed by atoms with Gasteiger partial charge in [-0.15, -0.1) is 0 Å². The Morgan fingerprint density at radius 1 is 0.943 bits per heavy atom. The first-order valence-corrected chi connectivity index (χ1v) is 11.6. The average Bonchev–Trinajstić information content (AvgIpc) is 2.92. The molecule has 0 aliphatic carbocycles. The summed E-state index contributed by atoms with van der Waals surface area (Å²) < 4.78 is 5.41. The Morgan fingerprint density at radius 3 is 2.29 bits per heavy atom. The number of fused-ring (bicyclic) bond motifs is 1. The Balaban J connectivity index is 1.34. The first-order chi connectivity index (χ1) is 17.2. The van der Waals surface area contributed by atoms with Crippen LogP contribution in [-0.4, -0.2) is 47.3 Å².